The van der Waals surface area contributed by atoms with E-state index >= 15 is 0 Å². The number of hydrogen-bond acceptors (Lipinski definition) is 4. The van der Waals surface area contributed by atoms with E-state index in [4.69, 9.17) is 10.5 Å². The molecule has 0 bridgehead atoms. The molecule has 0 spiro atoms. The number of nitrogens with two attached hydrogens (primary N) is 1. The van der Waals surface area contributed by atoms with Gasteiger partial charge in [-0.05, 0) is 41.9 Å². The molecular formula is C15H22N2O2S. The first-order valence-corrected chi connectivity index (χ1v) is 7.95. The molecule has 1 aromatic carbocycles. The van der Waals surface area contributed by atoms with E-state index in [1.54, 1.807) is 0 Å². The minimum atomic E-state index is -0.464. The van der Waals surface area contributed by atoms with Crippen LogP contribution in [0.1, 0.15) is 20.3 Å². The van der Waals surface area contributed by atoms with E-state index in [0.717, 1.165) is 11.4 Å². The predicted molar refractivity (Wildman–Crippen MR) is 84.3 cm³/mol. The lowest BCUT2D eigenvalue weighted by molar-refractivity contribution is -0.119. The molecule has 2 rings (SSSR count). The summed E-state index contributed by atoms with van der Waals surface area (Å²) in [5.41, 5.74) is 6.52. The van der Waals surface area contributed by atoms with Gasteiger partial charge in [0.2, 0.25) is 0 Å². The highest BCUT2D eigenvalue weighted by Crippen LogP contribution is 2.34. The average molecular weight is 294 g/mol. The standard InChI is InChI=1S/C15H22N2O2S/c1-15(2)7-12(9-20-10-15)17-11-3-5-13(6-4-11)19-8-14(16)18/h3-6,12,17H,7-10H2,1-2H3,(H2,16,18). The van der Waals surface area contributed by atoms with Crippen LogP contribution in [0.3, 0.4) is 0 Å². The topological polar surface area (TPSA) is 64.3 Å². The van der Waals surface area contributed by atoms with Crippen LogP contribution in [0, 0.1) is 5.41 Å². The monoisotopic (exact) mass is 294 g/mol. The van der Waals surface area contributed by atoms with Gasteiger partial charge in [-0.2, -0.15) is 11.8 Å². The van der Waals surface area contributed by atoms with E-state index in [1.807, 2.05) is 36.0 Å². The van der Waals surface area contributed by atoms with Gasteiger partial charge in [0.15, 0.2) is 6.61 Å². The molecule has 0 aromatic heterocycles. The van der Waals surface area contributed by atoms with E-state index in [-0.39, 0.29) is 6.61 Å². The van der Waals surface area contributed by atoms with Gasteiger partial charge in [0.25, 0.3) is 5.91 Å². The number of amides is 1. The van der Waals surface area contributed by atoms with Crippen molar-refractivity contribution in [3.63, 3.8) is 0 Å². The molecule has 3 N–H and O–H groups in total. The van der Waals surface area contributed by atoms with Gasteiger partial charge in [-0.15, -0.1) is 0 Å². The molecule has 110 valence electrons. The lowest BCUT2D eigenvalue weighted by Crippen LogP contribution is -2.35. The summed E-state index contributed by atoms with van der Waals surface area (Å²) in [4.78, 5) is 10.6. The maximum atomic E-state index is 10.6. The van der Waals surface area contributed by atoms with Crippen LogP contribution in [0.2, 0.25) is 0 Å². The first kappa shape index (κ1) is 15.0. The summed E-state index contributed by atoms with van der Waals surface area (Å²) in [7, 11) is 0. The van der Waals surface area contributed by atoms with Crippen molar-refractivity contribution in [1.82, 2.24) is 0 Å². The normalized spacial score (nSPS) is 21.2. The Morgan fingerprint density at radius 1 is 1.45 bits per heavy atom. The van der Waals surface area contributed by atoms with Gasteiger partial charge in [-0.3, -0.25) is 4.79 Å². The smallest absolute Gasteiger partial charge is 0.255 e. The Morgan fingerprint density at radius 2 is 2.15 bits per heavy atom. The fraction of sp³-hybridized carbons (Fsp3) is 0.533. The fourth-order valence-electron chi connectivity index (χ4n) is 2.39. The van der Waals surface area contributed by atoms with Crippen LogP contribution >= 0.6 is 11.8 Å². The van der Waals surface area contributed by atoms with Gasteiger partial charge >= 0.3 is 0 Å². The van der Waals surface area contributed by atoms with E-state index in [2.05, 4.69) is 19.2 Å². The van der Waals surface area contributed by atoms with Crippen LogP contribution in [0.25, 0.3) is 0 Å². The first-order valence-electron chi connectivity index (χ1n) is 6.80. The second kappa shape index (κ2) is 6.39. The van der Waals surface area contributed by atoms with Gasteiger partial charge < -0.3 is 15.8 Å². The third-order valence-electron chi connectivity index (χ3n) is 3.22. The number of carbonyl (C=O) groups excluding carboxylic acids is 1. The number of nitrogens with one attached hydrogen (secondary N) is 1. The minimum Gasteiger partial charge on any atom is -0.484 e. The minimum absolute atomic E-state index is 0.0831. The van der Waals surface area contributed by atoms with E-state index in [0.29, 0.717) is 17.2 Å². The maximum absolute atomic E-state index is 10.6. The van der Waals surface area contributed by atoms with Crippen molar-refractivity contribution in [1.29, 1.82) is 0 Å². The zero-order valence-electron chi connectivity index (χ0n) is 12.0. The summed E-state index contributed by atoms with van der Waals surface area (Å²) >= 11 is 2.01. The lowest BCUT2D eigenvalue weighted by Gasteiger charge is -2.35. The molecule has 1 heterocycles. The van der Waals surface area contributed by atoms with Crippen LogP contribution in [-0.2, 0) is 4.79 Å². The maximum Gasteiger partial charge on any atom is 0.255 e. The van der Waals surface area contributed by atoms with Crippen molar-refractivity contribution < 1.29 is 9.53 Å². The fourth-order valence-corrected chi connectivity index (χ4v) is 3.67. The zero-order valence-corrected chi connectivity index (χ0v) is 12.8. The molecule has 0 radical (unpaired) electrons. The van der Waals surface area contributed by atoms with Crippen LogP contribution < -0.4 is 15.8 Å². The molecule has 0 saturated carbocycles. The third kappa shape index (κ3) is 4.63. The van der Waals surface area contributed by atoms with Crippen LogP contribution in [-0.4, -0.2) is 30.1 Å². The third-order valence-corrected chi connectivity index (χ3v) is 4.84. The largest absolute Gasteiger partial charge is 0.484 e. The molecule has 1 aliphatic rings. The van der Waals surface area contributed by atoms with Crippen molar-refractivity contribution in [2.24, 2.45) is 11.1 Å². The quantitative estimate of drug-likeness (QED) is 0.876. The van der Waals surface area contributed by atoms with Gasteiger partial charge in [-0.1, -0.05) is 13.8 Å². The molecule has 1 amide bonds. The number of anilines is 1. The summed E-state index contributed by atoms with van der Waals surface area (Å²) in [5.74, 6) is 2.57. The second-order valence-corrected chi connectivity index (χ2v) is 7.03. The van der Waals surface area contributed by atoms with E-state index in [9.17, 15) is 4.79 Å². The van der Waals surface area contributed by atoms with E-state index in [1.165, 1.54) is 12.2 Å². The Labute approximate surface area is 124 Å². The molecule has 1 atom stereocenters. The SMILES string of the molecule is CC1(C)CSCC(Nc2ccc(OCC(N)=O)cc2)C1. The molecule has 1 aromatic rings. The van der Waals surface area contributed by atoms with E-state index < -0.39 is 5.91 Å². The molecule has 4 nitrogen and oxygen atoms in total. The Balaban J connectivity index is 1.88. The predicted octanol–water partition coefficient (Wildman–Crippen LogP) is 2.49. The van der Waals surface area contributed by atoms with Crippen molar-refractivity contribution in [2.45, 2.75) is 26.3 Å². The van der Waals surface area contributed by atoms with Crippen molar-refractivity contribution in [3.8, 4) is 5.75 Å². The molecule has 1 unspecified atom stereocenters. The Bertz CT molecular complexity index is 459. The van der Waals surface area contributed by atoms with Crippen LogP contribution in [0.15, 0.2) is 24.3 Å². The highest BCUT2D eigenvalue weighted by atomic mass is 32.2. The number of benzene rings is 1. The Morgan fingerprint density at radius 3 is 2.75 bits per heavy atom. The van der Waals surface area contributed by atoms with Crippen molar-refractivity contribution in [3.05, 3.63) is 24.3 Å². The van der Waals surface area contributed by atoms with Gasteiger partial charge in [0.1, 0.15) is 5.75 Å². The van der Waals surface area contributed by atoms with Gasteiger partial charge in [-0.25, -0.2) is 0 Å². The summed E-state index contributed by atoms with van der Waals surface area (Å²) < 4.78 is 5.24. The molecule has 5 heteroatoms. The molecule has 1 saturated heterocycles. The second-order valence-electron chi connectivity index (χ2n) is 6.00. The van der Waals surface area contributed by atoms with Crippen molar-refractivity contribution in [2.75, 3.05) is 23.4 Å². The highest BCUT2D eigenvalue weighted by Gasteiger charge is 2.28. The number of hydrogen-bond donors (Lipinski definition) is 2. The number of ether oxygens (including phenoxy) is 1. The summed E-state index contributed by atoms with van der Waals surface area (Å²) in [6.45, 7) is 4.55. The zero-order chi connectivity index (χ0) is 14.6. The average Bonchev–Trinajstić information content (AvgIpc) is 2.36. The molecule has 1 aliphatic heterocycles. The summed E-state index contributed by atoms with van der Waals surface area (Å²) in [5, 5.41) is 3.56. The van der Waals surface area contributed by atoms with Crippen molar-refractivity contribution >= 4 is 23.4 Å². The van der Waals surface area contributed by atoms with Gasteiger partial charge in [0, 0.05) is 17.5 Å². The molecule has 1 fully saturated rings. The van der Waals surface area contributed by atoms with Crippen LogP contribution in [0.5, 0.6) is 5.75 Å². The molecular weight excluding hydrogens is 272 g/mol. The number of primary amides is 1. The summed E-state index contributed by atoms with van der Waals surface area (Å²) in [6, 6.07) is 8.16. The number of thioether (sulfide) groups is 1. The first-order chi connectivity index (χ1) is 9.44. The van der Waals surface area contributed by atoms with Gasteiger partial charge in [0.05, 0.1) is 0 Å². The Hall–Kier alpha value is -1.36. The number of carbonyl (C=O) groups is 1. The number of rotatable bonds is 5. The lowest BCUT2D eigenvalue weighted by atomic mass is 9.88. The molecule has 0 aliphatic carbocycles. The molecule has 20 heavy (non-hydrogen) atoms. The summed E-state index contributed by atoms with van der Waals surface area (Å²) in [6.07, 6.45) is 1.18. The Kier molecular flexibility index (Phi) is 4.81. The highest BCUT2D eigenvalue weighted by molar-refractivity contribution is 7.99. The van der Waals surface area contributed by atoms with Crippen LogP contribution in [0.4, 0.5) is 5.69 Å².